The molecule has 1 aromatic carbocycles. The van der Waals surface area contributed by atoms with Crippen molar-refractivity contribution in [3.8, 4) is 16.9 Å². The SMILES string of the molecule is Cc1ccc(-c2cc(-n3ncnc3C(C)C)cc(C(=O)NC(C)CO)c2F)nc1. The fourth-order valence-electron chi connectivity index (χ4n) is 2.90. The van der Waals surface area contributed by atoms with Crippen molar-refractivity contribution in [2.24, 2.45) is 0 Å². The molecule has 0 aliphatic rings. The largest absolute Gasteiger partial charge is 0.394 e. The molecule has 8 heteroatoms. The van der Waals surface area contributed by atoms with Gasteiger partial charge in [0.15, 0.2) is 0 Å². The maximum atomic E-state index is 15.3. The van der Waals surface area contributed by atoms with Crippen LogP contribution < -0.4 is 5.32 Å². The van der Waals surface area contributed by atoms with Crippen LogP contribution in [-0.4, -0.2) is 43.4 Å². The summed E-state index contributed by atoms with van der Waals surface area (Å²) in [6.45, 7) is 7.23. The summed E-state index contributed by atoms with van der Waals surface area (Å²) in [6.07, 6.45) is 3.07. The molecule has 0 saturated carbocycles. The standard InChI is InChI=1S/C21H24FN5O2/c1-12(2)20-24-11-25-27(20)15-7-16(18-6-5-13(3)9-23-18)19(22)17(8-15)21(29)26-14(4)10-28/h5-9,11-12,14,28H,10H2,1-4H3,(H,26,29). The zero-order chi connectivity index (χ0) is 21.1. The first-order chi connectivity index (χ1) is 13.8. The van der Waals surface area contributed by atoms with E-state index >= 15 is 4.39 Å². The fourth-order valence-corrected chi connectivity index (χ4v) is 2.90. The number of aliphatic hydroxyl groups excluding tert-OH is 1. The van der Waals surface area contributed by atoms with Gasteiger partial charge in [-0.2, -0.15) is 5.10 Å². The van der Waals surface area contributed by atoms with Crippen LogP contribution in [0.3, 0.4) is 0 Å². The van der Waals surface area contributed by atoms with Gasteiger partial charge < -0.3 is 10.4 Å². The van der Waals surface area contributed by atoms with E-state index in [-0.39, 0.29) is 23.7 Å². The van der Waals surface area contributed by atoms with Gasteiger partial charge in [-0.15, -0.1) is 0 Å². The summed E-state index contributed by atoms with van der Waals surface area (Å²) in [5, 5.41) is 16.1. The molecule has 0 fully saturated rings. The average Bonchev–Trinajstić information content (AvgIpc) is 3.19. The Morgan fingerprint density at radius 3 is 2.62 bits per heavy atom. The summed E-state index contributed by atoms with van der Waals surface area (Å²) in [7, 11) is 0. The summed E-state index contributed by atoms with van der Waals surface area (Å²) in [5.74, 6) is -0.533. The second-order valence-electron chi connectivity index (χ2n) is 7.32. The van der Waals surface area contributed by atoms with Crippen LogP contribution in [0.1, 0.15) is 48.4 Å². The van der Waals surface area contributed by atoms with Crippen molar-refractivity contribution >= 4 is 5.91 Å². The van der Waals surface area contributed by atoms with Crippen molar-refractivity contribution in [3.63, 3.8) is 0 Å². The Balaban J connectivity index is 2.20. The van der Waals surface area contributed by atoms with Crippen molar-refractivity contribution in [1.29, 1.82) is 0 Å². The molecule has 0 spiro atoms. The number of nitrogens with one attached hydrogen (secondary N) is 1. The highest BCUT2D eigenvalue weighted by atomic mass is 19.1. The summed E-state index contributed by atoms with van der Waals surface area (Å²) >= 11 is 0. The molecule has 0 saturated heterocycles. The Morgan fingerprint density at radius 1 is 1.24 bits per heavy atom. The normalized spacial score (nSPS) is 12.2. The third-order valence-electron chi connectivity index (χ3n) is 4.48. The molecule has 1 amide bonds. The number of carbonyl (C=O) groups is 1. The molecule has 0 aliphatic heterocycles. The molecular weight excluding hydrogens is 373 g/mol. The van der Waals surface area contributed by atoms with Gasteiger partial charge in [0, 0.05) is 23.7 Å². The zero-order valence-corrected chi connectivity index (χ0v) is 16.8. The van der Waals surface area contributed by atoms with Crippen LogP contribution in [0.2, 0.25) is 0 Å². The van der Waals surface area contributed by atoms with Crippen LogP contribution in [0.5, 0.6) is 0 Å². The predicted octanol–water partition coefficient (Wildman–Crippen LogP) is 3.01. The number of carbonyl (C=O) groups excluding carboxylic acids is 1. The molecule has 2 aromatic heterocycles. The van der Waals surface area contributed by atoms with E-state index in [1.807, 2.05) is 26.8 Å². The van der Waals surface area contributed by atoms with E-state index in [0.29, 0.717) is 17.2 Å². The third-order valence-corrected chi connectivity index (χ3v) is 4.48. The van der Waals surface area contributed by atoms with E-state index in [4.69, 9.17) is 0 Å². The number of benzene rings is 1. The van der Waals surface area contributed by atoms with Crippen molar-refractivity contribution in [2.45, 2.75) is 39.7 Å². The number of aliphatic hydroxyl groups is 1. The number of halogens is 1. The van der Waals surface area contributed by atoms with Gasteiger partial charge in [-0.1, -0.05) is 19.9 Å². The van der Waals surface area contributed by atoms with Gasteiger partial charge in [-0.05, 0) is 37.6 Å². The van der Waals surface area contributed by atoms with Crippen molar-refractivity contribution in [3.05, 3.63) is 59.6 Å². The Hall–Kier alpha value is -3.13. The van der Waals surface area contributed by atoms with E-state index in [0.717, 1.165) is 5.56 Å². The van der Waals surface area contributed by atoms with Gasteiger partial charge in [0.1, 0.15) is 18.0 Å². The minimum absolute atomic E-state index is 0.0789. The maximum Gasteiger partial charge on any atom is 0.254 e. The molecule has 0 radical (unpaired) electrons. The number of aromatic nitrogens is 4. The Morgan fingerprint density at radius 2 is 2.00 bits per heavy atom. The third kappa shape index (κ3) is 4.32. The molecular formula is C21H24FN5O2. The number of nitrogens with zero attached hydrogens (tertiary/aromatic N) is 4. The van der Waals surface area contributed by atoms with E-state index < -0.39 is 17.8 Å². The fraction of sp³-hybridized carbons (Fsp3) is 0.333. The van der Waals surface area contributed by atoms with Gasteiger partial charge in [0.05, 0.1) is 23.6 Å². The molecule has 1 unspecified atom stereocenters. The van der Waals surface area contributed by atoms with Gasteiger partial charge >= 0.3 is 0 Å². The quantitative estimate of drug-likeness (QED) is 0.667. The molecule has 29 heavy (non-hydrogen) atoms. The van der Waals surface area contributed by atoms with Crippen LogP contribution in [0.25, 0.3) is 16.9 Å². The molecule has 1 atom stereocenters. The monoisotopic (exact) mass is 397 g/mol. The number of rotatable bonds is 6. The number of hydrogen-bond donors (Lipinski definition) is 2. The first kappa shape index (κ1) is 20.6. The van der Waals surface area contributed by atoms with E-state index in [2.05, 4.69) is 20.4 Å². The second kappa shape index (κ2) is 8.48. The highest BCUT2D eigenvalue weighted by molar-refractivity contribution is 5.96. The highest BCUT2D eigenvalue weighted by Crippen LogP contribution is 2.28. The Kier molecular flexibility index (Phi) is 6.03. The van der Waals surface area contributed by atoms with Crippen molar-refractivity contribution in [1.82, 2.24) is 25.1 Å². The minimum atomic E-state index is -0.682. The van der Waals surface area contributed by atoms with E-state index in [1.165, 1.54) is 12.4 Å². The van der Waals surface area contributed by atoms with Crippen LogP contribution >= 0.6 is 0 Å². The average molecular weight is 397 g/mol. The number of pyridine rings is 1. The van der Waals surface area contributed by atoms with Gasteiger partial charge in [-0.25, -0.2) is 14.1 Å². The van der Waals surface area contributed by atoms with Crippen molar-refractivity contribution < 1.29 is 14.3 Å². The summed E-state index contributed by atoms with van der Waals surface area (Å²) in [4.78, 5) is 21.3. The number of aryl methyl sites for hydroxylation is 1. The van der Waals surface area contributed by atoms with E-state index in [9.17, 15) is 9.90 Å². The lowest BCUT2D eigenvalue weighted by molar-refractivity contribution is 0.0918. The van der Waals surface area contributed by atoms with Crippen LogP contribution in [-0.2, 0) is 0 Å². The minimum Gasteiger partial charge on any atom is -0.394 e. The molecule has 2 heterocycles. The molecule has 0 bridgehead atoms. The van der Waals surface area contributed by atoms with Gasteiger partial charge in [0.2, 0.25) is 0 Å². The van der Waals surface area contributed by atoms with Crippen LogP contribution in [0, 0.1) is 12.7 Å². The van der Waals surface area contributed by atoms with Crippen LogP contribution in [0.4, 0.5) is 4.39 Å². The molecule has 0 aliphatic carbocycles. The lowest BCUT2D eigenvalue weighted by Crippen LogP contribution is -2.35. The first-order valence-corrected chi connectivity index (χ1v) is 9.40. The number of hydrogen-bond acceptors (Lipinski definition) is 5. The topological polar surface area (TPSA) is 92.9 Å². The molecule has 3 aromatic rings. The molecule has 2 N–H and O–H groups in total. The second-order valence-corrected chi connectivity index (χ2v) is 7.32. The smallest absolute Gasteiger partial charge is 0.254 e. The molecule has 152 valence electrons. The lowest BCUT2D eigenvalue weighted by atomic mass is 10.0. The highest BCUT2D eigenvalue weighted by Gasteiger charge is 2.22. The zero-order valence-electron chi connectivity index (χ0n) is 16.8. The Labute approximate surface area is 168 Å². The van der Waals surface area contributed by atoms with Crippen molar-refractivity contribution in [2.75, 3.05) is 6.61 Å². The van der Waals surface area contributed by atoms with Gasteiger partial charge in [-0.3, -0.25) is 9.78 Å². The van der Waals surface area contributed by atoms with Crippen LogP contribution in [0.15, 0.2) is 36.8 Å². The summed E-state index contributed by atoms with van der Waals surface area (Å²) in [6, 6.07) is 6.08. The summed E-state index contributed by atoms with van der Waals surface area (Å²) in [5.41, 5.74) is 1.90. The first-order valence-electron chi connectivity index (χ1n) is 9.40. The molecule has 3 rings (SSSR count). The molecule has 7 nitrogen and oxygen atoms in total. The lowest BCUT2D eigenvalue weighted by Gasteiger charge is -2.16. The Bertz CT molecular complexity index is 1010. The maximum absolute atomic E-state index is 15.3. The predicted molar refractivity (Wildman–Crippen MR) is 107 cm³/mol. The summed E-state index contributed by atoms with van der Waals surface area (Å²) < 4.78 is 16.9. The number of amides is 1. The van der Waals surface area contributed by atoms with E-state index in [1.54, 1.807) is 29.9 Å². The van der Waals surface area contributed by atoms with Gasteiger partial charge in [0.25, 0.3) is 5.91 Å².